The van der Waals surface area contributed by atoms with E-state index in [0.717, 1.165) is 18.4 Å². The van der Waals surface area contributed by atoms with E-state index in [2.05, 4.69) is 19.2 Å². The van der Waals surface area contributed by atoms with Crippen LogP contribution < -0.4 is 11.1 Å². The van der Waals surface area contributed by atoms with E-state index in [1.54, 1.807) is 0 Å². The van der Waals surface area contributed by atoms with Crippen LogP contribution in [-0.2, 0) is 0 Å². The number of hydrogen-bond donors (Lipinski definition) is 2. The molecule has 72 valence electrons. The Morgan fingerprint density at radius 1 is 1.50 bits per heavy atom. The van der Waals surface area contributed by atoms with E-state index < -0.39 is 0 Å². The molecule has 0 radical (unpaired) electrons. The molecule has 0 bridgehead atoms. The Hall–Kier alpha value is -0.0800. The third kappa shape index (κ3) is 3.11. The Morgan fingerprint density at radius 2 is 2.25 bits per heavy atom. The molecule has 1 aliphatic heterocycles. The number of hydrogen-bond acceptors (Lipinski definition) is 2. The smallest absolute Gasteiger partial charge is 0.00817 e. The fraction of sp³-hybridized carbons (Fsp3) is 1.00. The van der Waals surface area contributed by atoms with Crippen molar-refractivity contribution in [2.45, 2.75) is 39.2 Å². The Bertz CT molecular complexity index is 117. The Labute approximate surface area is 75.9 Å². The van der Waals surface area contributed by atoms with Crippen molar-refractivity contribution in [2.75, 3.05) is 13.1 Å². The van der Waals surface area contributed by atoms with Crippen molar-refractivity contribution < 1.29 is 0 Å². The lowest BCUT2D eigenvalue weighted by molar-refractivity contribution is 0.293. The van der Waals surface area contributed by atoms with Gasteiger partial charge in [-0.05, 0) is 44.2 Å². The Kier molecular flexibility index (Phi) is 4.02. The molecular weight excluding hydrogens is 148 g/mol. The third-order valence-electron chi connectivity index (χ3n) is 2.68. The standard InChI is InChI=1S/C10H22N2/c1-8(2)6-10(11)9-4-3-5-12-7-9/h8-10,12H,3-7,11H2,1-2H3. The van der Waals surface area contributed by atoms with Crippen LogP contribution in [0, 0.1) is 11.8 Å². The minimum Gasteiger partial charge on any atom is -0.327 e. The first-order chi connectivity index (χ1) is 5.70. The summed E-state index contributed by atoms with van der Waals surface area (Å²) in [4.78, 5) is 0. The second-order valence-electron chi connectivity index (χ2n) is 4.40. The van der Waals surface area contributed by atoms with Gasteiger partial charge in [0.15, 0.2) is 0 Å². The summed E-state index contributed by atoms with van der Waals surface area (Å²) in [5, 5.41) is 3.41. The summed E-state index contributed by atoms with van der Waals surface area (Å²) in [5.74, 6) is 1.46. The fourth-order valence-electron chi connectivity index (χ4n) is 1.98. The van der Waals surface area contributed by atoms with Gasteiger partial charge >= 0.3 is 0 Å². The average Bonchev–Trinajstić information content (AvgIpc) is 2.05. The summed E-state index contributed by atoms with van der Waals surface area (Å²) in [6.45, 7) is 6.81. The van der Waals surface area contributed by atoms with Crippen molar-refractivity contribution in [1.82, 2.24) is 5.32 Å². The summed E-state index contributed by atoms with van der Waals surface area (Å²) in [7, 11) is 0. The topological polar surface area (TPSA) is 38.0 Å². The zero-order valence-corrected chi connectivity index (χ0v) is 8.34. The van der Waals surface area contributed by atoms with Gasteiger partial charge in [-0.2, -0.15) is 0 Å². The molecule has 1 saturated heterocycles. The molecular formula is C10H22N2. The maximum atomic E-state index is 6.11. The molecule has 2 atom stereocenters. The van der Waals surface area contributed by atoms with Crippen LogP contribution in [0.5, 0.6) is 0 Å². The van der Waals surface area contributed by atoms with Gasteiger partial charge in [0, 0.05) is 6.04 Å². The Morgan fingerprint density at radius 3 is 2.75 bits per heavy atom. The van der Waals surface area contributed by atoms with Gasteiger partial charge in [-0.3, -0.25) is 0 Å². The van der Waals surface area contributed by atoms with E-state index in [9.17, 15) is 0 Å². The van der Waals surface area contributed by atoms with Crippen LogP contribution in [0.1, 0.15) is 33.1 Å². The molecule has 12 heavy (non-hydrogen) atoms. The number of piperidine rings is 1. The van der Waals surface area contributed by atoms with E-state index in [1.807, 2.05) is 0 Å². The van der Waals surface area contributed by atoms with Crippen LogP contribution in [0.2, 0.25) is 0 Å². The molecule has 1 rings (SSSR count). The van der Waals surface area contributed by atoms with Gasteiger partial charge in [-0.15, -0.1) is 0 Å². The first-order valence-electron chi connectivity index (χ1n) is 5.16. The summed E-state index contributed by atoms with van der Waals surface area (Å²) in [5.41, 5.74) is 6.11. The third-order valence-corrected chi connectivity index (χ3v) is 2.68. The molecule has 1 heterocycles. The molecule has 2 unspecified atom stereocenters. The molecule has 0 aromatic carbocycles. The summed E-state index contributed by atoms with van der Waals surface area (Å²) >= 11 is 0. The zero-order valence-electron chi connectivity index (χ0n) is 8.34. The van der Waals surface area contributed by atoms with Crippen molar-refractivity contribution in [3.63, 3.8) is 0 Å². The first-order valence-corrected chi connectivity index (χ1v) is 5.16. The highest BCUT2D eigenvalue weighted by Gasteiger charge is 2.20. The normalized spacial score (nSPS) is 27.5. The monoisotopic (exact) mass is 170 g/mol. The van der Waals surface area contributed by atoms with Crippen LogP contribution in [0.4, 0.5) is 0 Å². The minimum atomic E-state index is 0.415. The highest BCUT2D eigenvalue weighted by Crippen LogP contribution is 2.17. The Balaban J connectivity index is 2.24. The number of nitrogens with one attached hydrogen (secondary N) is 1. The lowest BCUT2D eigenvalue weighted by Crippen LogP contribution is -2.41. The zero-order chi connectivity index (χ0) is 8.97. The van der Waals surface area contributed by atoms with Crippen molar-refractivity contribution >= 4 is 0 Å². The molecule has 0 aliphatic carbocycles. The SMILES string of the molecule is CC(C)CC(N)C1CCCNC1. The van der Waals surface area contributed by atoms with Gasteiger partial charge in [0.25, 0.3) is 0 Å². The van der Waals surface area contributed by atoms with E-state index in [4.69, 9.17) is 5.73 Å². The van der Waals surface area contributed by atoms with Crippen LogP contribution in [0.3, 0.4) is 0 Å². The van der Waals surface area contributed by atoms with Gasteiger partial charge in [0.05, 0.1) is 0 Å². The summed E-state index contributed by atoms with van der Waals surface area (Å²) < 4.78 is 0. The predicted molar refractivity (Wildman–Crippen MR) is 53.0 cm³/mol. The summed E-state index contributed by atoms with van der Waals surface area (Å²) in [6, 6.07) is 0.415. The molecule has 1 aliphatic rings. The predicted octanol–water partition coefficient (Wildman–Crippen LogP) is 1.36. The highest BCUT2D eigenvalue weighted by molar-refractivity contribution is 4.79. The van der Waals surface area contributed by atoms with Crippen LogP contribution in [-0.4, -0.2) is 19.1 Å². The van der Waals surface area contributed by atoms with E-state index in [-0.39, 0.29) is 0 Å². The first kappa shape index (κ1) is 10.0. The quantitative estimate of drug-likeness (QED) is 0.671. The second-order valence-corrected chi connectivity index (χ2v) is 4.40. The largest absolute Gasteiger partial charge is 0.327 e. The maximum Gasteiger partial charge on any atom is 0.00817 e. The molecule has 2 heteroatoms. The van der Waals surface area contributed by atoms with Gasteiger partial charge in [0.1, 0.15) is 0 Å². The number of rotatable bonds is 3. The molecule has 0 aromatic rings. The van der Waals surface area contributed by atoms with Crippen molar-refractivity contribution in [1.29, 1.82) is 0 Å². The fourth-order valence-corrected chi connectivity index (χ4v) is 1.98. The van der Waals surface area contributed by atoms with Gasteiger partial charge in [0.2, 0.25) is 0 Å². The van der Waals surface area contributed by atoms with Crippen LogP contribution in [0.25, 0.3) is 0 Å². The maximum absolute atomic E-state index is 6.11. The second kappa shape index (κ2) is 4.83. The van der Waals surface area contributed by atoms with Crippen molar-refractivity contribution in [2.24, 2.45) is 17.6 Å². The van der Waals surface area contributed by atoms with Crippen molar-refractivity contribution in [3.8, 4) is 0 Å². The minimum absolute atomic E-state index is 0.415. The molecule has 3 N–H and O–H groups in total. The summed E-state index contributed by atoms with van der Waals surface area (Å²) in [6.07, 6.45) is 3.80. The van der Waals surface area contributed by atoms with E-state index in [1.165, 1.54) is 25.8 Å². The highest BCUT2D eigenvalue weighted by atomic mass is 14.9. The van der Waals surface area contributed by atoms with E-state index >= 15 is 0 Å². The number of nitrogens with two attached hydrogens (primary N) is 1. The molecule has 0 spiro atoms. The molecule has 1 fully saturated rings. The molecule has 2 nitrogen and oxygen atoms in total. The van der Waals surface area contributed by atoms with E-state index in [0.29, 0.717) is 6.04 Å². The molecule has 0 saturated carbocycles. The van der Waals surface area contributed by atoms with Crippen molar-refractivity contribution in [3.05, 3.63) is 0 Å². The van der Waals surface area contributed by atoms with Gasteiger partial charge in [-0.25, -0.2) is 0 Å². The lowest BCUT2D eigenvalue weighted by Gasteiger charge is -2.29. The molecule has 0 amide bonds. The van der Waals surface area contributed by atoms with Crippen LogP contribution >= 0.6 is 0 Å². The van der Waals surface area contributed by atoms with Crippen LogP contribution in [0.15, 0.2) is 0 Å². The molecule has 0 aromatic heterocycles. The lowest BCUT2D eigenvalue weighted by atomic mass is 9.87. The average molecular weight is 170 g/mol. The van der Waals surface area contributed by atoms with Gasteiger partial charge in [-0.1, -0.05) is 13.8 Å². The van der Waals surface area contributed by atoms with Gasteiger partial charge < -0.3 is 11.1 Å².